The maximum atomic E-state index is 12.8. The van der Waals surface area contributed by atoms with Crippen molar-refractivity contribution in [2.24, 2.45) is 0 Å². The number of hydrogen-bond acceptors (Lipinski definition) is 8. The third-order valence-corrected chi connectivity index (χ3v) is 5.56. The second-order valence-corrected chi connectivity index (χ2v) is 7.94. The first-order valence-corrected chi connectivity index (χ1v) is 10.7. The fraction of sp³-hybridized carbons (Fsp3) is 0.174. The van der Waals surface area contributed by atoms with E-state index in [0.717, 1.165) is 16.8 Å². The molecule has 9 heteroatoms. The van der Waals surface area contributed by atoms with Crippen LogP contribution in [0.3, 0.4) is 0 Å². The summed E-state index contributed by atoms with van der Waals surface area (Å²) in [5, 5.41) is 12.1. The zero-order valence-electron chi connectivity index (χ0n) is 17.8. The summed E-state index contributed by atoms with van der Waals surface area (Å²) < 4.78 is 11.5. The molecule has 32 heavy (non-hydrogen) atoms. The number of aryl methyl sites for hydroxylation is 1. The third kappa shape index (κ3) is 4.89. The fourth-order valence-corrected chi connectivity index (χ4v) is 3.75. The summed E-state index contributed by atoms with van der Waals surface area (Å²) in [5.74, 6) is 0.675. The molecule has 162 valence electrons. The van der Waals surface area contributed by atoms with Crippen molar-refractivity contribution in [3.63, 3.8) is 0 Å². The molecule has 0 saturated carbocycles. The Labute approximate surface area is 189 Å². The quantitative estimate of drug-likeness (QED) is 0.438. The zero-order chi connectivity index (χ0) is 22.5. The highest BCUT2D eigenvalue weighted by Gasteiger charge is 2.16. The highest BCUT2D eigenvalue weighted by molar-refractivity contribution is 7.18. The van der Waals surface area contributed by atoms with E-state index in [1.54, 1.807) is 36.8 Å². The summed E-state index contributed by atoms with van der Waals surface area (Å²) in [6.45, 7) is 3.83. The lowest BCUT2D eigenvalue weighted by Gasteiger charge is -2.17. The summed E-state index contributed by atoms with van der Waals surface area (Å²) in [7, 11) is 1.53. The van der Waals surface area contributed by atoms with Crippen LogP contribution in [0.5, 0.6) is 11.5 Å². The Hall–Kier alpha value is -3.85. The van der Waals surface area contributed by atoms with Gasteiger partial charge in [0.05, 0.1) is 7.11 Å². The SMILES string of the molecule is COc1cc(C(=O)Nc2nnc(-c3ccnc(C)c3)s2)ccc1OC(C)c1cccnc1. The molecule has 0 spiro atoms. The van der Waals surface area contributed by atoms with Gasteiger partial charge in [0.2, 0.25) is 5.13 Å². The van der Waals surface area contributed by atoms with Crippen molar-refractivity contribution in [3.05, 3.63) is 77.9 Å². The lowest BCUT2D eigenvalue weighted by molar-refractivity contribution is 0.102. The molecule has 1 unspecified atom stereocenters. The first kappa shape index (κ1) is 21.4. The number of carbonyl (C=O) groups excluding carboxylic acids is 1. The van der Waals surface area contributed by atoms with Crippen molar-refractivity contribution < 1.29 is 14.3 Å². The molecule has 0 aliphatic rings. The first-order chi connectivity index (χ1) is 15.5. The van der Waals surface area contributed by atoms with Crippen molar-refractivity contribution in [2.45, 2.75) is 20.0 Å². The van der Waals surface area contributed by atoms with Crippen molar-refractivity contribution in [3.8, 4) is 22.1 Å². The van der Waals surface area contributed by atoms with E-state index < -0.39 is 0 Å². The van der Waals surface area contributed by atoms with Gasteiger partial charge in [0.15, 0.2) is 11.5 Å². The molecule has 0 aliphatic carbocycles. The molecule has 1 atom stereocenters. The van der Waals surface area contributed by atoms with Gasteiger partial charge in [-0.2, -0.15) is 0 Å². The highest BCUT2D eigenvalue weighted by atomic mass is 32.1. The number of anilines is 1. The van der Waals surface area contributed by atoms with Gasteiger partial charge in [-0.1, -0.05) is 17.4 Å². The third-order valence-electron chi connectivity index (χ3n) is 4.67. The lowest BCUT2D eigenvalue weighted by atomic mass is 10.1. The number of benzene rings is 1. The van der Waals surface area contributed by atoms with E-state index in [0.29, 0.717) is 27.2 Å². The highest BCUT2D eigenvalue weighted by Crippen LogP contribution is 2.32. The summed E-state index contributed by atoms with van der Waals surface area (Å²) in [4.78, 5) is 21.0. The molecule has 4 rings (SSSR count). The first-order valence-electron chi connectivity index (χ1n) is 9.86. The Morgan fingerprint density at radius 3 is 2.72 bits per heavy atom. The molecular formula is C23H21N5O3S. The Morgan fingerprint density at radius 2 is 1.97 bits per heavy atom. The molecule has 3 aromatic heterocycles. The van der Waals surface area contributed by atoms with Gasteiger partial charge in [-0.3, -0.25) is 20.1 Å². The van der Waals surface area contributed by atoms with Gasteiger partial charge >= 0.3 is 0 Å². The summed E-state index contributed by atoms with van der Waals surface area (Å²) >= 11 is 1.29. The predicted octanol–water partition coefficient (Wildman–Crippen LogP) is 4.70. The number of pyridine rings is 2. The number of aromatic nitrogens is 4. The Kier molecular flexibility index (Phi) is 6.37. The molecule has 0 saturated heterocycles. The van der Waals surface area contributed by atoms with Gasteiger partial charge in [-0.25, -0.2) is 0 Å². The van der Waals surface area contributed by atoms with Gasteiger partial charge in [0.1, 0.15) is 11.1 Å². The number of hydrogen-bond donors (Lipinski definition) is 1. The largest absolute Gasteiger partial charge is 0.493 e. The van der Waals surface area contributed by atoms with Crippen molar-refractivity contribution >= 4 is 22.4 Å². The number of rotatable bonds is 7. The summed E-state index contributed by atoms with van der Waals surface area (Å²) in [5.41, 5.74) is 3.14. The van der Waals surface area contributed by atoms with E-state index in [1.165, 1.54) is 18.4 Å². The van der Waals surface area contributed by atoms with Crippen LogP contribution in [0.25, 0.3) is 10.6 Å². The molecule has 1 N–H and O–H groups in total. The van der Waals surface area contributed by atoms with Crippen molar-refractivity contribution in [1.82, 2.24) is 20.2 Å². The van der Waals surface area contributed by atoms with Crippen LogP contribution >= 0.6 is 11.3 Å². The minimum absolute atomic E-state index is 0.228. The van der Waals surface area contributed by atoms with Crippen LogP contribution in [-0.2, 0) is 0 Å². The van der Waals surface area contributed by atoms with Crippen LogP contribution in [0, 0.1) is 6.92 Å². The second-order valence-electron chi connectivity index (χ2n) is 6.96. The Balaban J connectivity index is 1.47. The molecule has 0 radical (unpaired) electrons. The smallest absolute Gasteiger partial charge is 0.257 e. The van der Waals surface area contributed by atoms with E-state index >= 15 is 0 Å². The zero-order valence-corrected chi connectivity index (χ0v) is 18.6. The summed E-state index contributed by atoms with van der Waals surface area (Å²) in [6, 6.07) is 12.6. The minimum atomic E-state index is -0.316. The topological polar surface area (TPSA) is 99.1 Å². The standard InChI is InChI=1S/C23H21N5O3S/c1-14-11-17(8-10-25-14)22-27-28-23(32-22)26-21(29)16-6-7-19(20(12-16)30-3)31-15(2)18-5-4-9-24-13-18/h4-13,15H,1-3H3,(H,26,28,29). The van der Waals surface area contributed by atoms with Gasteiger partial charge in [-0.15, -0.1) is 10.2 Å². The normalized spacial score (nSPS) is 11.6. The average molecular weight is 448 g/mol. The molecule has 0 fully saturated rings. The number of amides is 1. The van der Waals surface area contributed by atoms with Crippen LogP contribution in [0.2, 0.25) is 0 Å². The molecule has 8 nitrogen and oxygen atoms in total. The van der Waals surface area contributed by atoms with Gasteiger partial charge in [0, 0.05) is 41.0 Å². The average Bonchev–Trinajstić information content (AvgIpc) is 3.28. The maximum Gasteiger partial charge on any atom is 0.257 e. The monoisotopic (exact) mass is 447 g/mol. The molecule has 1 amide bonds. The van der Waals surface area contributed by atoms with Crippen molar-refractivity contribution in [1.29, 1.82) is 0 Å². The fourth-order valence-electron chi connectivity index (χ4n) is 3.02. The van der Waals surface area contributed by atoms with Crippen molar-refractivity contribution in [2.75, 3.05) is 12.4 Å². The second kappa shape index (κ2) is 9.52. The summed E-state index contributed by atoms with van der Waals surface area (Å²) in [6.07, 6.45) is 4.95. The number of nitrogens with one attached hydrogen (secondary N) is 1. The predicted molar refractivity (Wildman–Crippen MR) is 122 cm³/mol. The van der Waals surface area contributed by atoms with Gasteiger partial charge in [-0.05, 0) is 50.2 Å². The van der Waals surface area contributed by atoms with Crippen LogP contribution in [0.4, 0.5) is 5.13 Å². The van der Waals surface area contributed by atoms with E-state index in [4.69, 9.17) is 9.47 Å². The number of methoxy groups -OCH3 is 1. The Morgan fingerprint density at radius 1 is 1.09 bits per heavy atom. The molecule has 4 aromatic rings. The van der Waals surface area contributed by atoms with E-state index in [1.807, 2.05) is 38.1 Å². The van der Waals surface area contributed by atoms with Crippen LogP contribution < -0.4 is 14.8 Å². The van der Waals surface area contributed by atoms with Gasteiger partial charge < -0.3 is 9.47 Å². The number of carbonyl (C=O) groups is 1. The molecule has 1 aromatic carbocycles. The maximum absolute atomic E-state index is 12.8. The Bertz CT molecular complexity index is 1230. The molecule has 0 aliphatic heterocycles. The molecule has 3 heterocycles. The lowest BCUT2D eigenvalue weighted by Crippen LogP contribution is -2.12. The van der Waals surface area contributed by atoms with Crippen LogP contribution in [-0.4, -0.2) is 33.2 Å². The van der Waals surface area contributed by atoms with Crippen LogP contribution in [0.1, 0.15) is 34.6 Å². The van der Waals surface area contributed by atoms with Gasteiger partial charge in [0.25, 0.3) is 5.91 Å². The van der Waals surface area contributed by atoms with E-state index in [-0.39, 0.29) is 12.0 Å². The number of ether oxygens (including phenoxy) is 2. The molecular weight excluding hydrogens is 426 g/mol. The number of nitrogens with zero attached hydrogens (tertiary/aromatic N) is 4. The van der Waals surface area contributed by atoms with E-state index in [2.05, 4.69) is 25.5 Å². The van der Waals surface area contributed by atoms with E-state index in [9.17, 15) is 4.79 Å². The minimum Gasteiger partial charge on any atom is -0.493 e. The molecule has 0 bridgehead atoms. The van der Waals surface area contributed by atoms with Crippen LogP contribution in [0.15, 0.2) is 61.1 Å².